The van der Waals surface area contributed by atoms with Crippen LogP contribution in [0.25, 0.3) is 0 Å². The van der Waals surface area contributed by atoms with Crippen molar-refractivity contribution in [1.29, 1.82) is 0 Å². The van der Waals surface area contributed by atoms with Crippen LogP contribution in [0.5, 0.6) is 0 Å². The van der Waals surface area contributed by atoms with E-state index in [4.69, 9.17) is 23.2 Å². The van der Waals surface area contributed by atoms with E-state index in [1.807, 2.05) is 19.2 Å². The molecule has 0 radical (unpaired) electrons. The summed E-state index contributed by atoms with van der Waals surface area (Å²) in [5, 5.41) is 8.92. The molecule has 0 aliphatic carbocycles. The highest BCUT2D eigenvalue weighted by molar-refractivity contribution is 7.05. The molecule has 0 amide bonds. The van der Waals surface area contributed by atoms with Gasteiger partial charge in [0.2, 0.25) is 0 Å². The fraction of sp³-hybridized carbons (Fsp3) is 0.429. The number of nitrogens with zero attached hydrogens (tertiary/aromatic N) is 2. The van der Waals surface area contributed by atoms with Gasteiger partial charge in [0.1, 0.15) is 0 Å². The first-order valence-corrected chi connectivity index (χ1v) is 7.99. The van der Waals surface area contributed by atoms with E-state index in [0.29, 0.717) is 16.0 Å². The number of aromatic nitrogens is 2. The quantitative estimate of drug-likeness (QED) is 0.879. The summed E-state index contributed by atoms with van der Waals surface area (Å²) in [6.45, 7) is 4.25. The summed E-state index contributed by atoms with van der Waals surface area (Å²) in [5.74, 6) is 0.361. The van der Waals surface area contributed by atoms with Crippen LogP contribution < -0.4 is 5.32 Å². The van der Waals surface area contributed by atoms with Crippen LogP contribution in [0, 0.1) is 0 Å². The minimum atomic E-state index is 0.158. The van der Waals surface area contributed by atoms with E-state index in [9.17, 15) is 0 Å². The summed E-state index contributed by atoms with van der Waals surface area (Å²) < 4.78 is 4.09. The standard InChI is InChI=1S/C14H17Cl2N3S/c1-8(2)13-14(20-19-18-13)12(17-3)6-9-4-5-10(15)7-11(9)16/h4-5,7-8,12,17H,6H2,1-3H3. The average molecular weight is 330 g/mol. The molecule has 0 spiro atoms. The third kappa shape index (κ3) is 3.50. The first-order chi connectivity index (χ1) is 9.52. The van der Waals surface area contributed by atoms with Gasteiger partial charge in [0.05, 0.1) is 10.6 Å². The Bertz CT molecular complexity index is 584. The topological polar surface area (TPSA) is 37.8 Å². The largest absolute Gasteiger partial charge is 0.312 e. The summed E-state index contributed by atoms with van der Waals surface area (Å²) in [6.07, 6.45) is 0.788. The second-order valence-corrected chi connectivity index (χ2v) is 6.59. The molecule has 0 aliphatic rings. The van der Waals surface area contributed by atoms with Gasteiger partial charge in [-0.2, -0.15) is 0 Å². The maximum atomic E-state index is 6.25. The molecular weight excluding hydrogens is 313 g/mol. The lowest BCUT2D eigenvalue weighted by molar-refractivity contribution is 0.589. The van der Waals surface area contributed by atoms with Crippen molar-refractivity contribution in [3.8, 4) is 0 Å². The van der Waals surface area contributed by atoms with Gasteiger partial charge in [-0.05, 0) is 48.6 Å². The van der Waals surface area contributed by atoms with Crippen LogP contribution in [0.4, 0.5) is 0 Å². The lowest BCUT2D eigenvalue weighted by Crippen LogP contribution is -2.19. The Morgan fingerprint density at radius 2 is 2.05 bits per heavy atom. The Balaban J connectivity index is 2.26. The fourth-order valence-electron chi connectivity index (χ4n) is 2.08. The number of benzene rings is 1. The summed E-state index contributed by atoms with van der Waals surface area (Å²) in [5.41, 5.74) is 2.12. The van der Waals surface area contributed by atoms with E-state index < -0.39 is 0 Å². The zero-order valence-electron chi connectivity index (χ0n) is 11.7. The van der Waals surface area contributed by atoms with Gasteiger partial charge in [-0.25, -0.2) is 0 Å². The lowest BCUT2D eigenvalue weighted by atomic mass is 10.0. The number of hydrogen-bond acceptors (Lipinski definition) is 4. The first kappa shape index (κ1) is 15.7. The van der Waals surface area contributed by atoms with Crippen LogP contribution in [-0.2, 0) is 6.42 Å². The van der Waals surface area contributed by atoms with Crippen molar-refractivity contribution < 1.29 is 0 Å². The fourth-order valence-corrected chi connectivity index (χ4v) is 3.48. The molecule has 1 aromatic carbocycles. The van der Waals surface area contributed by atoms with Crippen LogP contribution in [0.3, 0.4) is 0 Å². The molecule has 1 aromatic heterocycles. The van der Waals surface area contributed by atoms with Crippen LogP contribution in [0.2, 0.25) is 10.0 Å². The van der Waals surface area contributed by atoms with Crippen molar-refractivity contribution in [2.45, 2.75) is 32.2 Å². The predicted molar refractivity (Wildman–Crippen MR) is 86.0 cm³/mol. The van der Waals surface area contributed by atoms with Crippen molar-refractivity contribution in [3.63, 3.8) is 0 Å². The Morgan fingerprint density at radius 3 is 2.65 bits per heavy atom. The highest BCUT2D eigenvalue weighted by Crippen LogP contribution is 2.31. The van der Waals surface area contributed by atoms with E-state index in [1.165, 1.54) is 16.4 Å². The van der Waals surface area contributed by atoms with E-state index in [2.05, 4.69) is 28.8 Å². The zero-order chi connectivity index (χ0) is 14.7. The monoisotopic (exact) mass is 329 g/mol. The molecule has 6 heteroatoms. The molecule has 2 aromatic rings. The normalized spacial score (nSPS) is 12.9. The minimum Gasteiger partial charge on any atom is -0.312 e. The number of likely N-dealkylation sites (N-methyl/N-ethyl adjacent to an activating group) is 1. The summed E-state index contributed by atoms with van der Waals surface area (Å²) in [4.78, 5) is 1.17. The average Bonchev–Trinajstić information content (AvgIpc) is 2.87. The third-order valence-corrected chi connectivity index (χ3v) is 4.63. The maximum absolute atomic E-state index is 6.25. The van der Waals surface area contributed by atoms with Gasteiger partial charge in [-0.3, -0.25) is 0 Å². The second-order valence-electron chi connectivity index (χ2n) is 4.96. The van der Waals surface area contributed by atoms with Gasteiger partial charge in [-0.15, -0.1) is 5.10 Å². The SMILES string of the molecule is CNC(Cc1ccc(Cl)cc1Cl)c1snnc1C(C)C. The molecule has 1 N–H and O–H groups in total. The molecule has 1 heterocycles. The first-order valence-electron chi connectivity index (χ1n) is 6.46. The van der Waals surface area contributed by atoms with Crippen molar-refractivity contribution >= 4 is 34.7 Å². The number of rotatable bonds is 5. The van der Waals surface area contributed by atoms with Crippen molar-refractivity contribution in [3.05, 3.63) is 44.4 Å². The molecule has 0 bridgehead atoms. The van der Waals surface area contributed by atoms with Crippen LogP contribution in [0.15, 0.2) is 18.2 Å². The van der Waals surface area contributed by atoms with Gasteiger partial charge < -0.3 is 5.32 Å². The van der Waals surface area contributed by atoms with Crippen LogP contribution in [0.1, 0.15) is 41.9 Å². The van der Waals surface area contributed by atoms with Gasteiger partial charge in [0, 0.05) is 16.1 Å². The minimum absolute atomic E-state index is 0.158. The predicted octanol–water partition coefficient (Wildman–Crippen LogP) is 4.47. The molecule has 1 unspecified atom stereocenters. The van der Waals surface area contributed by atoms with E-state index in [1.54, 1.807) is 6.07 Å². The molecule has 108 valence electrons. The molecule has 20 heavy (non-hydrogen) atoms. The van der Waals surface area contributed by atoms with Crippen LogP contribution in [-0.4, -0.2) is 16.6 Å². The third-order valence-electron chi connectivity index (χ3n) is 3.19. The molecule has 0 fully saturated rings. The van der Waals surface area contributed by atoms with Gasteiger partial charge >= 0.3 is 0 Å². The smallest absolute Gasteiger partial charge is 0.0829 e. The Morgan fingerprint density at radius 1 is 1.30 bits per heavy atom. The lowest BCUT2D eigenvalue weighted by Gasteiger charge is -2.17. The summed E-state index contributed by atoms with van der Waals surface area (Å²) >= 11 is 13.6. The van der Waals surface area contributed by atoms with E-state index >= 15 is 0 Å². The highest BCUT2D eigenvalue weighted by Gasteiger charge is 2.21. The van der Waals surface area contributed by atoms with Crippen molar-refractivity contribution in [2.75, 3.05) is 7.05 Å². The molecule has 0 aliphatic heterocycles. The molecule has 0 saturated carbocycles. The molecular formula is C14H17Cl2N3S. The zero-order valence-corrected chi connectivity index (χ0v) is 14.0. The molecule has 0 saturated heterocycles. The van der Waals surface area contributed by atoms with E-state index in [-0.39, 0.29) is 6.04 Å². The van der Waals surface area contributed by atoms with E-state index in [0.717, 1.165) is 17.7 Å². The second kappa shape index (κ2) is 6.85. The van der Waals surface area contributed by atoms with Crippen molar-refractivity contribution in [2.24, 2.45) is 0 Å². The van der Waals surface area contributed by atoms with Gasteiger partial charge in [0.15, 0.2) is 0 Å². The maximum Gasteiger partial charge on any atom is 0.0829 e. The molecule has 3 nitrogen and oxygen atoms in total. The molecule has 1 atom stereocenters. The Kier molecular flexibility index (Phi) is 5.38. The van der Waals surface area contributed by atoms with Crippen LogP contribution >= 0.6 is 34.7 Å². The summed E-state index contributed by atoms with van der Waals surface area (Å²) in [7, 11) is 1.94. The van der Waals surface area contributed by atoms with Gasteiger partial charge in [-0.1, -0.05) is 47.6 Å². The number of halogens is 2. The van der Waals surface area contributed by atoms with Crippen molar-refractivity contribution in [1.82, 2.24) is 14.9 Å². The Hall–Kier alpha value is -0.680. The number of hydrogen-bond donors (Lipinski definition) is 1. The molecule has 2 rings (SSSR count). The number of nitrogens with one attached hydrogen (secondary N) is 1. The highest BCUT2D eigenvalue weighted by atomic mass is 35.5. The summed E-state index contributed by atoms with van der Waals surface area (Å²) in [6, 6.07) is 5.77. The van der Waals surface area contributed by atoms with Gasteiger partial charge in [0.25, 0.3) is 0 Å². The Labute approximate surface area is 133 Å².